The molecule has 0 heterocycles. The van der Waals surface area contributed by atoms with Gasteiger partial charge in [0.15, 0.2) is 0 Å². The third-order valence-electron chi connectivity index (χ3n) is 15.0. The molecular formula is C39H65NO6. The van der Waals surface area contributed by atoms with E-state index in [9.17, 15) is 19.5 Å². The average molecular weight is 644 g/mol. The van der Waals surface area contributed by atoms with Crippen LogP contribution in [0.3, 0.4) is 0 Å². The number of carbonyl (C=O) groups excluding carboxylic acids is 2. The van der Waals surface area contributed by atoms with Gasteiger partial charge in [0.1, 0.15) is 11.7 Å². The molecular weight excluding hydrogens is 578 g/mol. The molecule has 0 spiro atoms. The van der Waals surface area contributed by atoms with Gasteiger partial charge in [-0.05, 0) is 136 Å². The Bertz CT molecular complexity index is 1200. The predicted octanol–water partition coefficient (Wildman–Crippen LogP) is 9.17. The number of hydrogen-bond donors (Lipinski definition) is 2. The Kier molecular flexibility index (Phi) is 9.01. The van der Waals surface area contributed by atoms with Crippen molar-refractivity contribution in [1.29, 1.82) is 0 Å². The molecule has 0 bridgehead atoms. The number of ether oxygens (including phenoxy) is 2. The Morgan fingerprint density at radius 2 is 1.46 bits per heavy atom. The molecule has 2 N–H and O–H groups in total. The summed E-state index contributed by atoms with van der Waals surface area (Å²) < 4.78 is 11.9. The van der Waals surface area contributed by atoms with Gasteiger partial charge in [0.25, 0.3) is 0 Å². The van der Waals surface area contributed by atoms with Crippen LogP contribution in [0.5, 0.6) is 0 Å². The molecule has 5 rings (SSSR count). The molecule has 5 saturated carbocycles. The maximum Gasteiger partial charge on any atom is 0.407 e. The summed E-state index contributed by atoms with van der Waals surface area (Å²) in [6.45, 7) is 22.7. The lowest BCUT2D eigenvalue weighted by atomic mass is 9.32. The first-order chi connectivity index (χ1) is 21.1. The molecule has 7 unspecified atom stereocenters. The van der Waals surface area contributed by atoms with Gasteiger partial charge >= 0.3 is 18.0 Å². The van der Waals surface area contributed by atoms with Gasteiger partial charge in [0.05, 0.1) is 12.8 Å². The van der Waals surface area contributed by atoms with Gasteiger partial charge in [-0.15, -0.1) is 0 Å². The molecule has 0 radical (unpaired) electrons. The van der Waals surface area contributed by atoms with Crippen molar-refractivity contribution in [2.45, 2.75) is 164 Å². The third kappa shape index (κ3) is 6.01. The molecule has 46 heavy (non-hydrogen) atoms. The van der Waals surface area contributed by atoms with Crippen molar-refractivity contribution in [3.8, 4) is 0 Å². The zero-order valence-corrected chi connectivity index (χ0v) is 30.8. The molecule has 1 amide bonds. The van der Waals surface area contributed by atoms with Gasteiger partial charge in [-0.2, -0.15) is 0 Å². The number of esters is 1. The highest BCUT2D eigenvalue weighted by molar-refractivity contribution is 5.73. The topological polar surface area (TPSA) is 102 Å². The van der Waals surface area contributed by atoms with Crippen LogP contribution < -0.4 is 5.32 Å². The van der Waals surface area contributed by atoms with Crippen molar-refractivity contribution in [3.05, 3.63) is 0 Å². The number of amides is 1. The number of carboxylic acids is 1. The summed E-state index contributed by atoms with van der Waals surface area (Å²) in [5, 5.41) is 12.5. The number of carboxylic acid groups (broad SMARTS) is 1. The van der Waals surface area contributed by atoms with E-state index in [1.54, 1.807) is 0 Å². The number of hydrogen-bond acceptors (Lipinski definition) is 5. The van der Waals surface area contributed by atoms with Crippen molar-refractivity contribution in [1.82, 2.24) is 5.32 Å². The molecule has 0 saturated heterocycles. The van der Waals surface area contributed by atoms with Crippen LogP contribution in [-0.2, 0) is 19.1 Å². The number of alkyl carbamates (subject to hydrolysis) is 1. The molecule has 0 aromatic carbocycles. The monoisotopic (exact) mass is 643 g/mol. The van der Waals surface area contributed by atoms with E-state index < -0.39 is 17.0 Å². The quantitative estimate of drug-likeness (QED) is 0.268. The Balaban J connectivity index is 1.32. The first kappa shape index (κ1) is 35.5. The normalized spacial score (nSPS) is 41.7. The fourth-order valence-electron chi connectivity index (χ4n) is 12.8. The van der Waals surface area contributed by atoms with Crippen LogP contribution in [0.1, 0.15) is 153 Å². The Hall–Kier alpha value is -1.79. The lowest BCUT2D eigenvalue weighted by Crippen LogP contribution is -2.66. The number of carbonyl (C=O) groups is 3. The van der Waals surface area contributed by atoms with Gasteiger partial charge in [-0.3, -0.25) is 9.59 Å². The molecule has 262 valence electrons. The lowest BCUT2D eigenvalue weighted by Gasteiger charge is -2.72. The van der Waals surface area contributed by atoms with Crippen LogP contribution in [0.2, 0.25) is 0 Å². The zero-order valence-electron chi connectivity index (χ0n) is 30.8. The van der Waals surface area contributed by atoms with E-state index in [0.29, 0.717) is 23.7 Å². The van der Waals surface area contributed by atoms with E-state index >= 15 is 0 Å². The van der Waals surface area contributed by atoms with Gasteiger partial charge in [-0.1, -0.05) is 54.9 Å². The van der Waals surface area contributed by atoms with Gasteiger partial charge in [0, 0.05) is 12.0 Å². The zero-order chi connectivity index (χ0) is 34.1. The van der Waals surface area contributed by atoms with Crippen LogP contribution >= 0.6 is 0 Å². The van der Waals surface area contributed by atoms with Crippen molar-refractivity contribution in [2.24, 2.45) is 56.2 Å². The smallest absolute Gasteiger partial charge is 0.407 e. The molecule has 7 nitrogen and oxygen atoms in total. The number of aliphatic carboxylic acids is 1. The Labute approximate surface area is 279 Å². The Morgan fingerprint density at radius 3 is 2.11 bits per heavy atom. The van der Waals surface area contributed by atoms with Gasteiger partial charge in [0.2, 0.25) is 0 Å². The second-order valence-corrected chi connectivity index (χ2v) is 19.6. The van der Waals surface area contributed by atoms with E-state index in [1.807, 2.05) is 34.6 Å². The van der Waals surface area contributed by atoms with Crippen LogP contribution in [0.15, 0.2) is 0 Å². The van der Waals surface area contributed by atoms with E-state index in [1.165, 1.54) is 51.4 Å². The summed E-state index contributed by atoms with van der Waals surface area (Å²) in [4.78, 5) is 37.2. The number of fused-ring (bicyclic) bond motifs is 7. The van der Waals surface area contributed by atoms with Gasteiger partial charge in [-0.25, -0.2) is 4.79 Å². The van der Waals surface area contributed by atoms with Crippen molar-refractivity contribution < 1.29 is 29.0 Å². The molecule has 0 aliphatic heterocycles. The van der Waals surface area contributed by atoms with Crippen LogP contribution in [0.25, 0.3) is 0 Å². The standard InChI is InChI=1S/C39H65NO6/c1-33(2,3)46-32(44)40-24-39-17-11-12-26(39)25-13-14-28-36(8)18-16-29(45-31(43)23-34(4,5)22-30(41)42)35(6,7)27(36)15-19-38(28,10)37(25,9)20-21-39/h25-29H,11-24H2,1-10H3,(H,40,44)(H,41,42)/t25?,26-,27?,28?,29?,36?,37-,38?,39?/m1/s1. The first-order valence-electron chi connectivity index (χ1n) is 18.5. The summed E-state index contributed by atoms with van der Waals surface area (Å²) in [6, 6.07) is 0. The minimum Gasteiger partial charge on any atom is -0.481 e. The molecule has 5 aliphatic carbocycles. The van der Waals surface area contributed by atoms with Gasteiger partial charge < -0.3 is 19.9 Å². The third-order valence-corrected chi connectivity index (χ3v) is 15.0. The van der Waals surface area contributed by atoms with Crippen molar-refractivity contribution in [2.75, 3.05) is 6.54 Å². The highest BCUT2D eigenvalue weighted by Gasteiger charge is 2.70. The Morgan fingerprint density at radius 1 is 0.761 bits per heavy atom. The first-order valence-corrected chi connectivity index (χ1v) is 18.5. The molecule has 5 fully saturated rings. The number of nitrogens with one attached hydrogen (secondary N) is 1. The number of rotatable bonds is 7. The van der Waals surface area contributed by atoms with E-state index in [0.717, 1.165) is 25.8 Å². The second-order valence-electron chi connectivity index (χ2n) is 19.6. The maximum atomic E-state index is 13.1. The summed E-state index contributed by atoms with van der Waals surface area (Å²) in [7, 11) is 0. The summed E-state index contributed by atoms with van der Waals surface area (Å²) in [5.74, 6) is 1.31. The minimum absolute atomic E-state index is 0.0425. The molecule has 0 aromatic rings. The highest BCUT2D eigenvalue weighted by atomic mass is 16.6. The second kappa shape index (κ2) is 11.7. The van der Waals surface area contributed by atoms with E-state index in [2.05, 4.69) is 39.9 Å². The predicted molar refractivity (Wildman–Crippen MR) is 180 cm³/mol. The van der Waals surface area contributed by atoms with E-state index in [-0.39, 0.29) is 58.1 Å². The SMILES string of the molecule is CC(C)(CC(=O)O)CC(=O)OC1CCC2(C)C(CCC3(C)C2CCC2[C@H]4CCCC4(CNC(=O)OC(C)(C)C)CC[C@]23C)C1(C)C. The summed E-state index contributed by atoms with van der Waals surface area (Å²) in [5.41, 5.74) is -0.337. The van der Waals surface area contributed by atoms with Crippen LogP contribution in [-0.4, -0.2) is 41.4 Å². The average Bonchev–Trinajstić information content (AvgIpc) is 3.32. The van der Waals surface area contributed by atoms with Crippen molar-refractivity contribution in [3.63, 3.8) is 0 Å². The molecule has 5 aliphatic rings. The molecule has 0 aromatic heterocycles. The maximum absolute atomic E-state index is 13.1. The fraction of sp³-hybridized carbons (Fsp3) is 0.923. The highest BCUT2D eigenvalue weighted by Crippen LogP contribution is 2.76. The van der Waals surface area contributed by atoms with Crippen molar-refractivity contribution >= 4 is 18.0 Å². The van der Waals surface area contributed by atoms with Crippen LogP contribution in [0.4, 0.5) is 4.79 Å². The molecule has 9 atom stereocenters. The minimum atomic E-state index is -0.880. The largest absolute Gasteiger partial charge is 0.481 e. The van der Waals surface area contributed by atoms with Crippen LogP contribution in [0, 0.1) is 56.2 Å². The lowest BCUT2D eigenvalue weighted by molar-refractivity contribution is -0.248. The summed E-state index contributed by atoms with van der Waals surface area (Å²) >= 11 is 0. The summed E-state index contributed by atoms with van der Waals surface area (Å²) in [6.07, 6.45) is 12.7. The molecule has 7 heteroatoms. The fourth-order valence-corrected chi connectivity index (χ4v) is 12.8. The van der Waals surface area contributed by atoms with E-state index in [4.69, 9.17) is 9.47 Å².